The van der Waals surface area contributed by atoms with E-state index in [1.807, 2.05) is 44.2 Å². The first-order valence-electron chi connectivity index (χ1n) is 9.90. The van der Waals surface area contributed by atoms with Gasteiger partial charge >= 0.3 is 0 Å². The minimum Gasteiger partial charge on any atom is -0.481 e. The Morgan fingerprint density at radius 2 is 1.77 bits per heavy atom. The number of methoxy groups -OCH3 is 1. The molecule has 0 aliphatic carbocycles. The van der Waals surface area contributed by atoms with Crippen LogP contribution in [0.2, 0.25) is 5.02 Å². The van der Waals surface area contributed by atoms with Crippen molar-refractivity contribution < 1.29 is 14.2 Å². The fraction of sp³-hybridized carbons (Fsp3) is 0.200. The normalized spacial score (nSPS) is 12.2. The third kappa shape index (κ3) is 4.24. The van der Waals surface area contributed by atoms with E-state index in [2.05, 4.69) is 9.97 Å². The fourth-order valence-corrected chi connectivity index (χ4v) is 4.02. The van der Waals surface area contributed by atoms with Gasteiger partial charge in [-0.3, -0.25) is 4.98 Å². The molecule has 2 aromatic carbocycles. The second kappa shape index (κ2) is 8.61. The second-order valence-corrected chi connectivity index (χ2v) is 7.90. The monoisotopic (exact) mass is 436 g/mol. The Kier molecular flexibility index (Phi) is 5.90. The first-order valence-corrected chi connectivity index (χ1v) is 10.3. The van der Waals surface area contributed by atoms with Crippen molar-refractivity contribution in [2.45, 2.75) is 26.4 Å². The molecule has 0 bridgehead atoms. The number of aliphatic hydroxyl groups excluding tert-OH is 1. The number of aryl methyl sites for hydroxylation is 2. The van der Waals surface area contributed by atoms with E-state index in [1.165, 1.54) is 12.1 Å². The lowest BCUT2D eigenvalue weighted by atomic mass is 9.97. The van der Waals surface area contributed by atoms with Crippen LogP contribution in [0.4, 0.5) is 4.39 Å². The Labute approximate surface area is 185 Å². The summed E-state index contributed by atoms with van der Waals surface area (Å²) in [6.07, 6.45) is -0.393. The zero-order valence-electron chi connectivity index (χ0n) is 17.5. The SMILES string of the molecule is COc1nc2ccc(C(O)c3ccc(C)nc3C)cc2c(Cl)c1Cc1ccc(F)cc1. The molecule has 1 atom stereocenters. The van der Waals surface area contributed by atoms with Crippen LogP contribution in [0.15, 0.2) is 54.6 Å². The first kappa shape index (κ1) is 21.2. The number of hydrogen-bond donors (Lipinski definition) is 1. The minimum absolute atomic E-state index is 0.294. The van der Waals surface area contributed by atoms with E-state index in [-0.39, 0.29) is 5.82 Å². The summed E-state index contributed by atoms with van der Waals surface area (Å²) in [5, 5.41) is 12.2. The van der Waals surface area contributed by atoms with Crippen molar-refractivity contribution in [1.82, 2.24) is 9.97 Å². The lowest BCUT2D eigenvalue weighted by Gasteiger charge is -2.17. The van der Waals surface area contributed by atoms with Crippen LogP contribution >= 0.6 is 11.6 Å². The molecule has 1 unspecified atom stereocenters. The lowest BCUT2D eigenvalue weighted by molar-refractivity contribution is 0.219. The minimum atomic E-state index is -0.837. The predicted octanol–water partition coefficient (Wildman–Crippen LogP) is 5.72. The summed E-state index contributed by atoms with van der Waals surface area (Å²) in [5.41, 5.74) is 5.39. The Bertz CT molecular complexity index is 1260. The highest BCUT2D eigenvalue weighted by molar-refractivity contribution is 6.36. The number of nitrogens with zero attached hydrogens (tertiary/aromatic N) is 2. The summed E-state index contributed by atoms with van der Waals surface area (Å²) in [6, 6.07) is 15.5. The molecule has 2 heterocycles. The lowest BCUT2D eigenvalue weighted by Crippen LogP contribution is -2.05. The van der Waals surface area contributed by atoms with Gasteiger partial charge in [0.15, 0.2) is 0 Å². The Morgan fingerprint density at radius 1 is 1.03 bits per heavy atom. The second-order valence-electron chi connectivity index (χ2n) is 7.52. The molecule has 4 aromatic rings. The molecule has 0 spiro atoms. The third-order valence-electron chi connectivity index (χ3n) is 5.37. The molecule has 158 valence electrons. The fourth-order valence-electron chi connectivity index (χ4n) is 3.72. The average Bonchev–Trinajstić information content (AvgIpc) is 2.76. The summed E-state index contributed by atoms with van der Waals surface area (Å²) < 4.78 is 18.8. The van der Waals surface area contributed by atoms with Crippen molar-refractivity contribution in [3.05, 3.63) is 99.1 Å². The van der Waals surface area contributed by atoms with Gasteiger partial charge in [0, 0.05) is 34.3 Å². The highest BCUT2D eigenvalue weighted by atomic mass is 35.5. The molecule has 0 amide bonds. The van der Waals surface area contributed by atoms with Crippen molar-refractivity contribution in [2.24, 2.45) is 0 Å². The molecule has 0 saturated heterocycles. The number of hydrogen-bond acceptors (Lipinski definition) is 4. The standard InChI is InChI=1S/C25H22ClFN2O2/c1-14-4-10-19(15(2)28-14)24(30)17-7-11-22-20(13-17)23(26)21(25(29-22)31-3)12-16-5-8-18(27)9-6-16/h4-11,13,24,30H,12H2,1-3H3. The van der Waals surface area contributed by atoms with Crippen LogP contribution in [0, 0.1) is 19.7 Å². The highest BCUT2D eigenvalue weighted by Gasteiger charge is 2.19. The molecule has 4 nitrogen and oxygen atoms in total. The van der Waals surface area contributed by atoms with Gasteiger partial charge in [-0.15, -0.1) is 0 Å². The summed E-state index contributed by atoms with van der Waals surface area (Å²) in [4.78, 5) is 9.04. The van der Waals surface area contributed by atoms with E-state index in [4.69, 9.17) is 16.3 Å². The Hall–Kier alpha value is -3.02. The number of ether oxygens (including phenoxy) is 1. The van der Waals surface area contributed by atoms with Crippen molar-refractivity contribution >= 4 is 22.5 Å². The van der Waals surface area contributed by atoms with E-state index in [1.54, 1.807) is 19.2 Å². The van der Waals surface area contributed by atoms with Crippen molar-refractivity contribution in [1.29, 1.82) is 0 Å². The summed E-state index contributed by atoms with van der Waals surface area (Å²) in [5.74, 6) is 0.131. The topological polar surface area (TPSA) is 55.2 Å². The maximum atomic E-state index is 13.3. The molecule has 2 aromatic heterocycles. The molecule has 0 aliphatic rings. The summed E-state index contributed by atoms with van der Waals surface area (Å²) in [7, 11) is 1.55. The van der Waals surface area contributed by atoms with Crippen LogP contribution in [0.25, 0.3) is 10.9 Å². The molecule has 0 saturated carbocycles. The molecule has 0 aliphatic heterocycles. The van der Waals surface area contributed by atoms with Gasteiger partial charge < -0.3 is 9.84 Å². The van der Waals surface area contributed by atoms with Gasteiger partial charge in [-0.25, -0.2) is 9.37 Å². The zero-order valence-corrected chi connectivity index (χ0v) is 18.2. The van der Waals surface area contributed by atoms with E-state index in [0.29, 0.717) is 39.4 Å². The number of aliphatic hydroxyl groups is 1. The molecule has 1 N–H and O–H groups in total. The molecule has 0 radical (unpaired) electrons. The molecule has 0 fully saturated rings. The summed E-state index contributed by atoms with van der Waals surface area (Å²) >= 11 is 6.79. The Morgan fingerprint density at radius 3 is 2.45 bits per heavy atom. The molecule has 4 rings (SSSR count). The molecular weight excluding hydrogens is 415 g/mol. The van der Waals surface area contributed by atoms with E-state index < -0.39 is 6.10 Å². The number of pyridine rings is 2. The number of rotatable bonds is 5. The summed E-state index contributed by atoms with van der Waals surface area (Å²) in [6.45, 7) is 3.80. The van der Waals surface area contributed by atoms with Gasteiger partial charge in [0.2, 0.25) is 5.88 Å². The van der Waals surface area contributed by atoms with Crippen molar-refractivity contribution in [2.75, 3.05) is 7.11 Å². The number of fused-ring (bicyclic) bond motifs is 1. The number of benzene rings is 2. The zero-order chi connectivity index (χ0) is 22.1. The Balaban J connectivity index is 1.79. The van der Waals surface area contributed by atoms with E-state index in [9.17, 15) is 9.50 Å². The number of aromatic nitrogens is 2. The van der Waals surface area contributed by atoms with Gasteiger partial charge in [-0.05, 0) is 55.3 Å². The maximum Gasteiger partial charge on any atom is 0.218 e. The first-order chi connectivity index (χ1) is 14.9. The average molecular weight is 437 g/mol. The number of halogens is 2. The molecule has 6 heteroatoms. The highest BCUT2D eigenvalue weighted by Crippen LogP contribution is 2.36. The van der Waals surface area contributed by atoms with Crippen molar-refractivity contribution in [3.63, 3.8) is 0 Å². The van der Waals surface area contributed by atoms with Crippen LogP contribution in [0.5, 0.6) is 5.88 Å². The van der Waals surface area contributed by atoms with Crippen LogP contribution in [-0.4, -0.2) is 22.2 Å². The van der Waals surface area contributed by atoms with E-state index in [0.717, 1.165) is 22.5 Å². The smallest absolute Gasteiger partial charge is 0.218 e. The van der Waals surface area contributed by atoms with Gasteiger partial charge in [-0.1, -0.05) is 35.9 Å². The van der Waals surface area contributed by atoms with Gasteiger partial charge in [0.25, 0.3) is 0 Å². The predicted molar refractivity (Wildman–Crippen MR) is 120 cm³/mol. The van der Waals surface area contributed by atoms with E-state index >= 15 is 0 Å². The van der Waals surface area contributed by atoms with Gasteiger partial charge in [0.1, 0.15) is 11.9 Å². The van der Waals surface area contributed by atoms with Gasteiger partial charge in [0.05, 0.1) is 17.6 Å². The quantitative estimate of drug-likeness (QED) is 0.434. The van der Waals surface area contributed by atoms with Crippen molar-refractivity contribution in [3.8, 4) is 5.88 Å². The molecule has 31 heavy (non-hydrogen) atoms. The largest absolute Gasteiger partial charge is 0.481 e. The van der Waals surface area contributed by atoms with Gasteiger partial charge in [-0.2, -0.15) is 0 Å². The van der Waals surface area contributed by atoms with Crippen LogP contribution < -0.4 is 4.74 Å². The molecular formula is C25H22ClFN2O2. The van der Waals surface area contributed by atoms with Crippen LogP contribution in [-0.2, 0) is 6.42 Å². The van der Waals surface area contributed by atoms with Crippen LogP contribution in [0.3, 0.4) is 0 Å². The van der Waals surface area contributed by atoms with Crippen LogP contribution in [0.1, 0.15) is 39.7 Å². The maximum absolute atomic E-state index is 13.3. The third-order valence-corrected chi connectivity index (χ3v) is 5.80.